The largest absolute Gasteiger partial charge is 0.497 e. The van der Waals surface area contributed by atoms with Crippen LogP contribution in [-0.2, 0) is 4.79 Å². The number of anilines is 4. The average molecular weight is 269 g/mol. The smallest absolute Gasteiger partial charge is 0.244 e. The SMILES string of the molecule is COc1cc(N)cc(N2CC(=O)Nc3ccccc32)c1. The van der Waals surface area contributed by atoms with Gasteiger partial charge in [0.15, 0.2) is 0 Å². The number of methoxy groups -OCH3 is 1. The number of amides is 1. The first-order valence-corrected chi connectivity index (χ1v) is 6.28. The first-order valence-electron chi connectivity index (χ1n) is 6.28. The lowest BCUT2D eigenvalue weighted by Crippen LogP contribution is -2.35. The number of ether oxygens (including phenoxy) is 1. The van der Waals surface area contributed by atoms with E-state index in [0.717, 1.165) is 17.1 Å². The Morgan fingerprint density at radius 1 is 1.25 bits per heavy atom. The molecular weight excluding hydrogens is 254 g/mol. The molecule has 0 saturated carbocycles. The maximum absolute atomic E-state index is 11.8. The van der Waals surface area contributed by atoms with Gasteiger partial charge in [0, 0.05) is 23.5 Å². The summed E-state index contributed by atoms with van der Waals surface area (Å²) in [6, 6.07) is 13.1. The van der Waals surface area contributed by atoms with Gasteiger partial charge in [0.1, 0.15) is 12.3 Å². The van der Waals surface area contributed by atoms with Crippen molar-refractivity contribution in [3.63, 3.8) is 0 Å². The lowest BCUT2D eigenvalue weighted by molar-refractivity contribution is -0.115. The molecule has 1 heterocycles. The summed E-state index contributed by atoms with van der Waals surface area (Å²) in [5, 5.41) is 2.86. The maximum Gasteiger partial charge on any atom is 0.244 e. The highest BCUT2D eigenvalue weighted by Crippen LogP contribution is 2.36. The van der Waals surface area contributed by atoms with Crippen molar-refractivity contribution in [3.8, 4) is 5.75 Å². The Labute approximate surface area is 117 Å². The number of benzene rings is 2. The summed E-state index contributed by atoms with van der Waals surface area (Å²) < 4.78 is 5.23. The summed E-state index contributed by atoms with van der Waals surface area (Å²) in [4.78, 5) is 13.8. The fourth-order valence-corrected chi connectivity index (χ4v) is 2.34. The van der Waals surface area contributed by atoms with Gasteiger partial charge in [-0.15, -0.1) is 0 Å². The van der Waals surface area contributed by atoms with E-state index in [0.29, 0.717) is 11.4 Å². The number of nitrogen functional groups attached to an aromatic ring is 1. The van der Waals surface area contributed by atoms with Crippen molar-refractivity contribution in [2.45, 2.75) is 0 Å². The second-order valence-corrected chi connectivity index (χ2v) is 4.62. The molecule has 5 nitrogen and oxygen atoms in total. The second kappa shape index (κ2) is 4.77. The molecule has 5 heteroatoms. The Kier molecular flexibility index (Phi) is 2.95. The standard InChI is InChI=1S/C15H15N3O2/c1-20-12-7-10(16)6-11(8-12)18-9-15(19)17-13-4-2-3-5-14(13)18/h2-8H,9,16H2,1H3,(H,17,19). The molecule has 0 atom stereocenters. The summed E-state index contributed by atoms with van der Waals surface area (Å²) in [6.45, 7) is 0.254. The average Bonchev–Trinajstić information content (AvgIpc) is 2.45. The molecule has 0 unspecified atom stereocenters. The van der Waals surface area contributed by atoms with Crippen LogP contribution < -0.4 is 20.7 Å². The molecule has 3 N–H and O–H groups in total. The van der Waals surface area contributed by atoms with Crippen LogP contribution in [0.4, 0.5) is 22.7 Å². The monoisotopic (exact) mass is 269 g/mol. The Hall–Kier alpha value is -2.69. The predicted octanol–water partition coefficient (Wildman–Crippen LogP) is 2.37. The molecule has 3 rings (SSSR count). The Morgan fingerprint density at radius 2 is 2.05 bits per heavy atom. The molecule has 0 aliphatic carbocycles. The van der Waals surface area contributed by atoms with Crippen LogP contribution in [-0.4, -0.2) is 19.6 Å². The molecule has 0 radical (unpaired) electrons. The number of rotatable bonds is 2. The van der Waals surface area contributed by atoms with Crippen LogP contribution in [0, 0.1) is 0 Å². The van der Waals surface area contributed by atoms with E-state index in [-0.39, 0.29) is 12.5 Å². The van der Waals surface area contributed by atoms with Crippen molar-refractivity contribution >= 4 is 28.7 Å². The highest BCUT2D eigenvalue weighted by Gasteiger charge is 2.23. The molecule has 0 saturated heterocycles. The van der Waals surface area contributed by atoms with Gasteiger partial charge in [-0.1, -0.05) is 12.1 Å². The van der Waals surface area contributed by atoms with Crippen molar-refractivity contribution in [2.75, 3.05) is 29.6 Å². The van der Waals surface area contributed by atoms with Crippen molar-refractivity contribution in [1.82, 2.24) is 0 Å². The molecule has 0 spiro atoms. The highest BCUT2D eigenvalue weighted by molar-refractivity contribution is 6.03. The molecule has 102 valence electrons. The van der Waals surface area contributed by atoms with Crippen LogP contribution >= 0.6 is 0 Å². The summed E-state index contributed by atoms with van der Waals surface area (Å²) in [5.41, 5.74) is 9.07. The number of nitrogens with two attached hydrogens (primary N) is 1. The highest BCUT2D eigenvalue weighted by atomic mass is 16.5. The van der Waals surface area contributed by atoms with E-state index in [1.165, 1.54) is 0 Å². The Balaban J connectivity index is 2.10. The van der Waals surface area contributed by atoms with E-state index in [2.05, 4.69) is 5.32 Å². The minimum Gasteiger partial charge on any atom is -0.497 e. The summed E-state index contributed by atoms with van der Waals surface area (Å²) >= 11 is 0. The van der Waals surface area contributed by atoms with Crippen LogP contribution in [0.3, 0.4) is 0 Å². The fourth-order valence-electron chi connectivity index (χ4n) is 2.34. The van der Waals surface area contributed by atoms with Gasteiger partial charge in [-0.2, -0.15) is 0 Å². The topological polar surface area (TPSA) is 67.6 Å². The third kappa shape index (κ3) is 2.14. The van der Waals surface area contributed by atoms with Crippen molar-refractivity contribution in [2.24, 2.45) is 0 Å². The van der Waals surface area contributed by atoms with Gasteiger partial charge in [0.05, 0.1) is 18.5 Å². The van der Waals surface area contributed by atoms with Crippen LogP contribution in [0.5, 0.6) is 5.75 Å². The number of hydrogen-bond acceptors (Lipinski definition) is 4. The number of carbonyl (C=O) groups excluding carboxylic acids is 1. The van der Waals surface area contributed by atoms with E-state index < -0.39 is 0 Å². The summed E-state index contributed by atoms with van der Waals surface area (Å²) in [6.07, 6.45) is 0. The molecule has 0 aromatic heterocycles. The number of nitrogens with zero attached hydrogens (tertiary/aromatic N) is 1. The zero-order valence-corrected chi connectivity index (χ0v) is 11.1. The third-order valence-corrected chi connectivity index (χ3v) is 3.23. The number of fused-ring (bicyclic) bond motifs is 1. The maximum atomic E-state index is 11.8. The van der Waals surface area contributed by atoms with E-state index >= 15 is 0 Å². The molecule has 0 fully saturated rings. The normalized spacial score (nSPS) is 13.7. The van der Waals surface area contributed by atoms with E-state index in [1.54, 1.807) is 13.2 Å². The zero-order chi connectivity index (χ0) is 14.1. The van der Waals surface area contributed by atoms with Crippen LogP contribution in [0.15, 0.2) is 42.5 Å². The van der Waals surface area contributed by atoms with Crippen LogP contribution in [0.25, 0.3) is 0 Å². The molecule has 1 aliphatic heterocycles. The second-order valence-electron chi connectivity index (χ2n) is 4.62. The molecular formula is C15H15N3O2. The van der Waals surface area contributed by atoms with Gasteiger partial charge in [0.2, 0.25) is 5.91 Å². The van der Waals surface area contributed by atoms with Crippen molar-refractivity contribution in [1.29, 1.82) is 0 Å². The van der Waals surface area contributed by atoms with Gasteiger partial charge < -0.3 is 20.7 Å². The molecule has 1 aliphatic rings. The zero-order valence-electron chi connectivity index (χ0n) is 11.1. The first kappa shape index (κ1) is 12.3. The van der Waals surface area contributed by atoms with E-state index in [1.807, 2.05) is 41.3 Å². The first-order chi connectivity index (χ1) is 9.67. The molecule has 2 aromatic rings. The van der Waals surface area contributed by atoms with Gasteiger partial charge in [-0.3, -0.25) is 4.79 Å². The molecule has 0 bridgehead atoms. The number of para-hydroxylation sites is 2. The van der Waals surface area contributed by atoms with Crippen LogP contribution in [0.2, 0.25) is 0 Å². The van der Waals surface area contributed by atoms with Gasteiger partial charge in [-0.05, 0) is 18.2 Å². The Morgan fingerprint density at radius 3 is 2.85 bits per heavy atom. The van der Waals surface area contributed by atoms with E-state index in [4.69, 9.17) is 10.5 Å². The Bertz CT molecular complexity index is 670. The van der Waals surface area contributed by atoms with Crippen molar-refractivity contribution < 1.29 is 9.53 Å². The quantitative estimate of drug-likeness (QED) is 0.821. The number of carbonyl (C=O) groups is 1. The van der Waals surface area contributed by atoms with Crippen LogP contribution in [0.1, 0.15) is 0 Å². The number of hydrogen-bond donors (Lipinski definition) is 2. The minimum atomic E-state index is -0.0508. The molecule has 2 aromatic carbocycles. The fraction of sp³-hybridized carbons (Fsp3) is 0.133. The van der Waals surface area contributed by atoms with Gasteiger partial charge in [-0.25, -0.2) is 0 Å². The summed E-state index contributed by atoms with van der Waals surface area (Å²) in [7, 11) is 1.59. The molecule has 20 heavy (non-hydrogen) atoms. The lowest BCUT2D eigenvalue weighted by Gasteiger charge is -2.31. The third-order valence-electron chi connectivity index (χ3n) is 3.23. The number of nitrogens with one attached hydrogen (secondary N) is 1. The minimum absolute atomic E-state index is 0.0508. The van der Waals surface area contributed by atoms with Crippen molar-refractivity contribution in [3.05, 3.63) is 42.5 Å². The molecule has 1 amide bonds. The summed E-state index contributed by atoms with van der Waals surface area (Å²) in [5.74, 6) is 0.619. The van der Waals surface area contributed by atoms with Gasteiger partial charge in [0.25, 0.3) is 0 Å². The van der Waals surface area contributed by atoms with Gasteiger partial charge >= 0.3 is 0 Å². The predicted molar refractivity (Wildman–Crippen MR) is 79.5 cm³/mol. The van der Waals surface area contributed by atoms with E-state index in [9.17, 15) is 4.79 Å². The lowest BCUT2D eigenvalue weighted by atomic mass is 10.1.